The molecule has 8 heteroatoms. The van der Waals surface area contributed by atoms with Gasteiger partial charge in [-0.05, 0) is 55.5 Å². The lowest BCUT2D eigenvalue weighted by molar-refractivity contribution is -0.119. The average molecular weight is 455 g/mol. The Morgan fingerprint density at radius 2 is 1.53 bits per heavy atom. The van der Waals surface area contributed by atoms with E-state index in [0.717, 1.165) is 15.6 Å². The largest absolute Gasteiger partial charge is 0.497 e. The summed E-state index contributed by atoms with van der Waals surface area (Å²) in [5.74, 6) is 0.942. The van der Waals surface area contributed by atoms with Crippen LogP contribution in [0.5, 0.6) is 11.5 Å². The molecule has 0 aromatic heterocycles. The number of sulfonamides is 1. The second-order valence-corrected chi connectivity index (χ2v) is 8.90. The van der Waals surface area contributed by atoms with Crippen molar-refractivity contribution < 1.29 is 22.7 Å². The van der Waals surface area contributed by atoms with Crippen LogP contribution in [-0.2, 0) is 14.8 Å². The van der Waals surface area contributed by atoms with Gasteiger partial charge in [0.25, 0.3) is 10.0 Å². The first-order valence-electron chi connectivity index (χ1n) is 10.1. The van der Waals surface area contributed by atoms with Gasteiger partial charge in [-0.1, -0.05) is 35.9 Å². The Kier molecular flexibility index (Phi) is 7.72. The van der Waals surface area contributed by atoms with Crippen molar-refractivity contribution >= 4 is 21.6 Å². The van der Waals surface area contributed by atoms with Crippen LogP contribution in [0, 0.1) is 6.92 Å². The first kappa shape index (κ1) is 23.1. The third-order valence-corrected chi connectivity index (χ3v) is 6.48. The number of hydrogen-bond donors (Lipinski definition) is 1. The van der Waals surface area contributed by atoms with Gasteiger partial charge in [0.05, 0.1) is 24.2 Å². The van der Waals surface area contributed by atoms with Gasteiger partial charge >= 0.3 is 0 Å². The number of carbonyl (C=O) groups excluding carboxylic acids is 1. The number of ether oxygens (including phenoxy) is 2. The second-order valence-electron chi connectivity index (χ2n) is 7.03. The highest BCUT2D eigenvalue weighted by Crippen LogP contribution is 2.23. The van der Waals surface area contributed by atoms with E-state index in [-0.39, 0.29) is 24.6 Å². The van der Waals surface area contributed by atoms with E-state index in [1.807, 2.05) is 6.92 Å². The molecule has 0 heterocycles. The fraction of sp³-hybridized carbons (Fsp3) is 0.208. The molecule has 0 saturated heterocycles. The molecule has 0 fully saturated rings. The SMILES string of the molecule is COc1ccc(OCCNC(=O)CN(c2ccccc2)S(=O)(=O)c2ccc(C)cc2)cc1. The van der Waals surface area contributed by atoms with Crippen LogP contribution in [0.15, 0.2) is 83.8 Å². The molecule has 0 aliphatic rings. The van der Waals surface area contributed by atoms with Crippen molar-refractivity contribution in [1.29, 1.82) is 0 Å². The number of aryl methyl sites for hydroxylation is 1. The van der Waals surface area contributed by atoms with Crippen molar-refractivity contribution in [3.05, 3.63) is 84.4 Å². The zero-order valence-corrected chi connectivity index (χ0v) is 18.8. The van der Waals surface area contributed by atoms with Gasteiger partial charge in [0.2, 0.25) is 5.91 Å². The van der Waals surface area contributed by atoms with Crippen molar-refractivity contribution in [2.75, 3.05) is 31.1 Å². The van der Waals surface area contributed by atoms with E-state index in [0.29, 0.717) is 11.4 Å². The average Bonchev–Trinajstić information content (AvgIpc) is 2.81. The minimum atomic E-state index is -3.92. The summed E-state index contributed by atoms with van der Waals surface area (Å²) in [6, 6.07) is 22.2. The van der Waals surface area contributed by atoms with Gasteiger partial charge in [-0.15, -0.1) is 0 Å². The topological polar surface area (TPSA) is 84.9 Å². The number of methoxy groups -OCH3 is 1. The van der Waals surface area contributed by atoms with Gasteiger partial charge in [-0.3, -0.25) is 9.10 Å². The highest BCUT2D eigenvalue weighted by molar-refractivity contribution is 7.92. The maximum Gasteiger partial charge on any atom is 0.264 e. The molecule has 0 radical (unpaired) electrons. The highest BCUT2D eigenvalue weighted by Gasteiger charge is 2.26. The van der Waals surface area contributed by atoms with Crippen LogP contribution in [0.2, 0.25) is 0 Å². The maximum absolute atomic E-state index is 13.3. The van der Waals surface area contributed by atoms with Crippen LogP contribution in [-0.4, -0.2) is 41.1 Å². The van der Waals surface area contributed by atoms with Crippen molar-refractivity contribution in [2.24, 2.45) is 0 Å². The van der Waals surface area contributed by atoms with Crippen LogP contribution < -0.4 is 19.1 Å². The van der Waals surface area contributed by atoms with Crippen molar-refractivity contribution in [2.45, 2.75) is 11.8 Å². The lowest BCUT2D eigenvalue weighted by atomic mass is 10.2. The number of benzene rings is 3. The Bertz CT molecular complexity index is 1120. The van der Waals surface area contributed by atoms with E-state index in [2.05, 4.69) is 5.32 Å². The number of rotatable bonds is 10. The second kappa shape index (κ2) is 10.7. The van der Waals surface area contributed by atoms with E-state index in [1.54, 1.807) is 86.0 Å². The first-order valence-corrected chi connectivity index (χ1v) is 11.5. The molecule has 0 unspecified atom stereocenters. The van der Waals surface area contributed by atoms with Gasteiger partial charge in [0.15, 0.2) is 0 Å². The monoisotopic (exact) mass is 454 g/mol. The number of nitrogens with zero attached hydrogens (tertiary/aromatic N) is 1. The van der Waals surface area contributed by atoms with E-state index in [9.17, 15) is 13.2 Å². The molecule has 0 aliphatic heterocycles. The van der Waals surface area contributed by atoms with Gasteiger partial charge < -0.3 is 14.8 Å². The van der Waals surface area contributed by atoms with Gasteiger partial charge in [-0.2, -0.15) is 0 Å². The number of anilines is 1. The normalized spacial score (nSPS) is 10.9. The number of para-hydroxylation sites is 1. The summed E-state index contributed by atoms with van der Waals surface area (Å²) in [5, 5.41) is 2.71. The maximum atomic E-state index is 13.3. The molecule has 168 valence electrons. The molecule has 32 heavy (non-hydrogen) atoms. The molecule has 1 amide bonds. The molecule has 0 bridgehead atoms. The standard InChI is InChI=1S/C24H26N2O5S/c1-19-8-14-23(15-9-19)32(28,29)26(20-6-4-3-5-7-20)18-24(27)25-16-17-31-22-12-10-21(30-2)11-13-22/h3-15H,16-18H2,1-2H3,(H,25,27). The van der Waals surface area contributed by atoms with Crippen LogP contribution >= 0.6 is 0 Å². The first-order chi connectivity index (χ1) is 15.4. The minimum absolute atomic E-state index is 0.127. The summed E-state index contributed by atoms with van der Waals surface area (Å²) in [4.78, 5) is 12.7. The van der Waals surface area contributed by atoms with Gasteiger partial charge in [0, 0.05) is 0 Å². The molecule has 3 aromatic carbocycles. The summed E-state index contributed by atoms with van der Waals surface area (Å²) >= 11 is 0. The molecule has 7 nitrogen and oxygen atoms in total. The highest BCUT2D eigenvalue weighted by atomic mass is 32.2. The third kappa shape index (κ3) is 6.01. The van der Waals surface area contributed by atoms with Crippen LogP contribution in [0.3, 0.4) is 0 Å². The van der Waals surface area contributed by atoms with E-state index >= 15 is 0 Å². The molecular weight excluding hydrogens is 428 g/mol. The Balaban J connectivity index is 1.64. The summed E-state index contributed by atoms with van der Waals surface area (Å²) in [6.45, 7) is 2.02. The molecule has 3 aromatic rings. The Labute approximate surface area is 188 Å². The summed E-state index contributed by atoms with van der Waals surface area (Å²) in [6.07, 6.45) is 0. The fourth-order valence-corrected chi connectivity index (χ4v) is 4.39. The lowest BCUT2D eigenvalue weighted by Crippen LogP contribution is -2.41. The summed E-state index contributed by atoms with van der Waals surface area (Å²) in [5.41, 5.74) is 1.36. The van der Waals surface area contributed by atoms with Crippen molar-refractivity contribution in [1.82, 2.24) is 5.32 Å². The van der Waals surface area contributed by atoms with Crippen molar-refractivity contribution in [3.63, 3.8) is 0 Å². The predicted molar refractivity (Wildman–Crippen MR) is 124 cm³/mol. The predicted octanol–water partition coefficient (Wildman–Crippen LogP) is 3.39. The summed E-state index contributed by atoms with van der Waals surface area (Å²) < 4.78 is 38.3. The molecule has 1 N–H and O–H groups in total. The van der Waals surface area contributed by atoms with E-state index in [4.69, 9.17) is 9.47 Å². The number of carbonyl (C=O) groups is 1. The minimum Gasteiger partial charge on any atom is -0.497 e. The van der Waals surface area contributed by atoms with Crippen LogP contribution in [0.25, 0.3) is 0 Å². The number of nitrogens with one attached hydrogen (secondary N) is 1. The van der Waals surface area contributed by atoms with Crippen LogP contribution in [0.4, 0.5) is 5.69 Å². The zero-order valence-electron chi connectivity index (χ0n) is 18.0. The lowest BCUT2D eigenvalue weighted by Gasteiger charge is -2.24. The molecule has 0 atom stereocenters. The Morgan fingerprint density at radius 1 is 0.906 bits per heavy atom. The fourth-order valence-electron chi connectivity index (χ4n) is 2.96. The van der Waals surface area contributed by atoms with Crippen molar-refractivity contribution in [3.8, 4) is 11.5 Å². The van der Waals surface area contributed by atoms with Crippen LogP contribution in [0.1, 0.15) is 5.56 Å². The zero-order chi connectivity index (χ0) is 23.0. The van der Waals surface area contributed by atoms with Gasteiger partial charge in [-0.25, -0.2) is 8.42 Å². The molecule has 0 spiro atoms. The number of amides is 1. The Hall–Kier alpha value is -3.52. The molecular formula is C24H26N2O5S. The quantitative estimate of drug-likeness (QED) is 0.475. The Morgan fingerprint density at radius 3 is 2.16 bits per heavy atom. The van der Waals surface area contributed by atoms with E-state index in [1.165, 1.54) is 0 Å². The van der Waals surface area contributed by atoms with E-state index < -0.39 is 15.9 Å². The van der Waals surface area contributed by atoms with Gasteiger partial charge in [0.1, 0.15) is 24.7 Å². The third-order valence-electron chi connectivity index (χ3n) is 4.69. The smallest absolute Gasteiger partial charge is 0.264 e. The molecule has 0 aliphatic carbocycles. The molecule has 3 rings (SSSR count). The molecule has 0 saturated carbocycles. The summed E-state index contributed by atoms with van der Waals surface area (Å²) in [7, 11) is -2.33. The number of hydrogen-bond acceptors (Lipinski definition) is 5.